The summed E-state index contributed by atoms with van der Waals surface area (Å²) in [6.07, 6.45) is -0.317. The summed E-state index contributed by atoms with van der Waals surface area (Å²) >= 11 is 0. The van der Waals surface area contributed by atoms with Crippen LogP contribution in [0.4, 0.5) is 0 Å². The molecule has 2 heterocycles. The van der Waals surface area contributed by atoms with E-state index in [0.717, 1.165) is 11.1 Å². The first kappa shape index (κ1) is 18.7. The molecule has 2 fully saturated rings. The van der Waals surface area contributed by atoms with Gasteiger partial charge in [0.2, 0.25) is 5.75 Å². The molecular weight excluding hydrogens is 364 g/mol. The highest BCUT2D eigenvalue weighted by Crippen LogP contribution is 2.52. The van der Waals surface area contributed by atoms with E-state index in [0.29, 0.717) is 30.5 Å². The summed E-state index contributed by atoms with van der Waals surface area (Å²) in [5, 5.41) is 20.0. The average Bonchev–Trinajstić information content (AvgIpc) is 3.31. The number of phenols is 2. The van der Waals surface area contributed by atoms with Crippen molar-refractivity contribution in [3.63, 3.8) is 0 Å². The second kappa shape index (κ2) is 7.41. The van der Waals surface area contributed by atoms with E-state index in [1.165, 1.54) is 21.3 Å². The zero-order valence-electron chi connectivity index (χ0n) is 16.0. The van der Waals surface area contributed by atoms with Crippen molar-refractivity contribution in [2.45, 2.75) is 12.2 Å². The topological polar surface area (TPSA) is 86.6 Å². The number of rotatable bonds is 5. The van der Waals surface area contributed by atoms with Crippen LogP contribution in [0.1, 0.15) is 23.3 Å². The van der Waals surface area contributed by atoms with Gasteiger partial charge in [0, 0.05) is 11.8 Å². The van der Waals surface area contributed by atoms with E-state index in [-0.39, 0.29) is 35.5 Å². The Balaban J connectivity index is 1.61. The highest BCUT2D eigenvalue weighted by molar-refractivity contribution is 5.53. The van der Waals surface area contributed by atoms with Crippen LogP contribution in [-0.2, 0) is 9.47 Å². The fraction of sp³-hybridized carbons (Fsp3) is 0.429. The highest BCUT2D eigenvalue weighted by Gasteiger charge is 2.48. The van der Waals surface area contributed by atoms with Gasteiger partial charge < -0.3 is 33.9 Å². The van der Waals surface area contributed by atoms with Gasteiger partial charge in [-0.3, -0.25) is 0 Å². The number of benzene rings is 2. The fourth-order valence-corrected chi connectivity index (χ4v) is 4.18. The lowest BCUT2D eigenvalue weighted by Crippen LogP contribution is -2.14. The number of ether oxygens (including phenoxy) is 5. The zero-order valence-corrected chi connectivity index (χ0v) is 16.0. The maximum Gasteiger partial charge on any atom is 0.200 e. The lowest BCUT2D eigenvalue weighted by Gasteiger charge is -2.19. The van der Waals surface area contributed by atoms with Crippen LogP contribution in [0.15, 0.2) is 30.3 Å². The van der Waals surface area contributed by atoms with E-state index in [9.17, 15) is 10.2 Å². The van der Waals surface area contributed by atoms with E-state index in [1.54, 1.807) is 18.2 Å². The lowest BCUT2D eigenvalue weighted by molar-refractivity contribution is 0.0191. The zero-order chi connectivity index (χ0) is 19.8. The van der Waals surface area contributed by atoms with Gasteiger partial charge >= 0.3 is 0 Å². The van der Waals surface area contributed by atoms with Gasteiger partial charge in [-0.25, -0.2) is 0 Å². The van der Waals surface area contributed by atoms with E-state index in [4.69, 9.17) is 23.7 Å². The summed E-state index contributed by atoms with van der Waals surface area (Å²) < 4.78 is 28.0. The first-order chi connectivity index (χ1) is 13.6. The Morgan fingerprint density at radius 2 is 1.25 bits per heavy atom. The number of aromatic hydroxyl groups is 2. The van der Waals surface area contributed by atoms with Crippen LogP contribution >= 0.6 is 0 Å². The standard InChI is InChI=1S/C21H24O7/c1-24-16-6-11(4-5-15(16)22)20-13-9-28-21(14(13)10-27-20)12-7-17(25-2)19(23)18(8-12)26-3/h4-8,13-14,20-23H,9-10H2,1-3H3/t13-,14+,20+,21+/m1/s1. The smallest absolute Gasteiger partial charge is 0.200 e. The molecule has 0 bridgehead atoms. The largest absolute Gasteiger partial charge is 0.504 e. The number of hydrogen-bond donors (Lipinski definition) is 2. The van der Waals surface area contributed by atoms with Gasteiger partial charge in [0.25, 0.3) is 0 Å². The van der Waals surface area contributed by atoms with Crippen molar-refractivity contribution >= 4 is 0 Å². The third-order valence-corrected chi connectivity index (χ3v) is 5.63. The summed E-state index contributed by atoms with van der Waals surface area (Å²) in [5.41, 5.74) is 1.83. The van der Waals surface area contributed by atoms with Gasteiger partial charge in [-0.1, -0.05) is 6.07 Å². The quantitative estimate of drug-likeness (QED) is 0.813. The molecule has 7 nitrogen and oxygen atoms in total. The summed E-state index contributed by atoms with van der Waals surface area (Å²) in [4.78, 5) is 0. The number of fused-ring (bicyclic) bond motifs is 1. The molecule has 2 aliphatic heterocycles. The van der Waals surface area contributed by atoms with E-state index < -0.39 is 0 Å². The molecule has 0 radical (unpaired) electrons. The third-order valence-electron chi connectivity index (χ3n) is 5.63. The molecule has 7 heteroatoms. The minimum absolute atomic E-state index is 0.0277. The number of methoxy groups -OCH3 is 3. The highest BCUT2D eigenvalue weighted by atomic mass is 16.5. The number of hydrogen-bond acceptors (Lipinski definition) is 7. The van der Waals surface area contributed by atoms with Crippen molar-refractivity contribution < 1.29 is 33.9 Å². The van der Waals surface area contributed by atoms with Gasteiger partial charge in [0.05, 0.1) is 46.8 Å². The van der Waals surface area contributed by atoms with Gasteiger partial charge in [-0.15, -0.1) is 0 Å². The van der Waals surface area contributed by atoms with E-state index >= 15 is 0 Å². The molecule has 2 N–H and O–H groups in total. The lowest BCUT2D eigenvalue weighted by atomic mass is 9.85. The normalized spacial score (nSPS) is 26.1. The van der Waals surface area contributed by atoms with E-state index in [1.807, 2.05) is 12.1 Å². The average molecular weight is 388 g/mol. The van der Waals surface area contributed by atoms with Crippen LogP contribution in [-0.4, -0.2) is 44.8 Å². The maximum absolute atomic E-state index is 10.2. The Morgan fingerprint density at radius 1 is 0.750 bits per heavy atom. The first-order valence-corrected chi connectivity index (χ1v) is 9.12. The van der Waals surface area contributed by atoms with Crippen molar-refractivity contribution in [2.75, 3.05) is 34.5 Å². The van der Waals surface area contributed by atoms with Crippen LogP contribution in [0.5, 0.6) is 28.7 Å². The summed E-state index contributed by atoms with van der Waals surface area (Å²) in [5.74, 6) is 1.52. The van der Waals surface area contributed by atoms with Crippen molar-refractivity contribution in [3.8, 4) is 28.7 Å². The van der Waals surface area contributed by atoms with Gasteiger partial charge in [-0.2, -0.15) is 0 Å². The van der Waals surface area contributed by atoms with Crippen molar-refractivity contribution in [1.29, 1.82) is 0 Å². The third kappa shape index (κ3) is 3.00. The second-order valence-corrected chi connectivity index (χ2v) is 7.04. The Bertz CT molecular complexity index is 841. The Kier molecular flexibility index (Phi) is 4.95. The molecular formula is C21H24O7. The molecule has 4 rings (SSSR count). The van der Waals surface area contributed by atoms with Crippen molar-refractivity contribution in [2.24, 2.45) is 11.8 Å². The molecule has 0 spiro atoms. The molecule has 0 amide bonds. The minimum Gasteiger partial charge on any atom is -0.504 e. The monoisotopic (exact) mass is 388 g/mol. The molecule has 4 atom stereocenters. The van der Waals surface area contributed by atoms with Crippen LogP contribution in [0, 0.1) is 11.8 Å². The molecule has 2 aliphatic rings. The predicted molar refractivity (Wildman–Crippen MR) is 100 cm³/mol. The minimum atomic E-state index is -0.183. The fourth-order valence-electron chi connectivity index (χ4n) is 4.18. The SMILES string of the molecule is COc1cc([C@@H]2OC[C@H]3[C@H]2CO[C@H]3c2cc(OC)c(O)c(OC)c2)ccc1O. The second-order valence-electron chi connectivity index (χ2n) is 7.04. The summed E-state index contributed by atoms with van der Waals surface area (Å²) in [6.45, 7) is 1.10. The Hall–Kier alpha value is -2.64. The van der Waals surface area contributed by atoms with Crippen molar-refractivity contribution in [1.82, 2.24) is 0 Å². The Morgan fingerprint density at radius 3 is 1.79 bits per heavy atom. The Labute approximate surface area is 163 Å². The number of phenolic OH excluding ortho intramolecular Hbond substituents is 2. The molecule has 2 aromatic rings. The predicted octanol–water partition coefficient (Wildman–Crippen LogP) is 3.20. The molecule has 2 aromatic carbocycles. The van der Waals surface area contributed by atoms with Gasteiger partial charge in [0.15, 0.2) is 23.0 Å². The van der Waals surface area contributed by atoms with Crippen LogP contribution in [0.25, 0.3) is 0 Å². The van der Waals surface area contributed by atoms with Crippen LogP contribution in [0.3, 0.4) is 0 Å². The summed E-state index contributed by atoms with van der Waals surface area (Å²) in [6, 6.07) is 8.84. The summed E-state index contributed by atoms with van der Waals surface area (Å²) in [7, 11) is 4.53. The molecule has 150 valence electrons. The first-order valence-electron chi connectivity index (χ1n) is 9.12. The van der Waals surface area contributed by atoms with E-state index in [2.05, 4.69) is 0 Å². The maximum atomic E-state index is 10.2. The van der Waals surface area contributed by atoms with Gasteiger partial charge in [0.1, 0.15) is 0 Å². The van der Waals surface area contributed by atoms with Crippen LogP contribution in [0.2, 0.25) is 0 Å². The molecule has 0 unspecified atom stereocenters. The molecule has 0 aliphatic carbocycles. The molecule has 2 saturated heterocycles. The van der Waals surface area contributed by atoms with Gasteiger partial charge in [-0.05, 0) is 35.4 Å². The van der Waals surface area contributed by atoms with Crippen LogP contribution < -0.4 is 14.2 Å². The molecule has 0 aromatic heterocycles. The molecule has 0 saturated carbocycles. The van der Waals surface area contributed by atoms with Crippen molar-refractivity contribution in [3.05, 3.63) is 41.5 Å². The molecule has 28 heavy (non-hydrogen) atoms.